The average molecular weight is 355 g/mol. The first-order valence-corrected chi connectivity index (χ1v) is 9.60. The fourth-order valence-electron chi connectivity index (χ4n) is 3.38. The second-order valence-electron chi connectivity index (χ2n) is 6.83. The molecule has 0 amide bonds. The van der Waals surface area contributed by atoms with Crippen LogP contribution < -0.4 is 14.8 Å². The largest absolute Gasteiger partial charge is 0.490 e. The standard InChI is InChI=1S/C22H29NO3/c1-2-25-22-14-18(15-23-19-10-6-7-11-20(19)24)12-13-21(22)26-16-17-8-4-3-5-9-17/h3-5,8-9,12-14,19-20,23-24H,2,6-7,10-11,15-16H2,1H3/t19-,20-/m1/s1. The summed E-state index contributed by atoms with van der Waals surface area (Å²) in [5.74, 6) is 1.53. The summed E-state index contributed by atoms with van der Waals surface area (Å²) in [6.07, 6.45) is 4.02. The van der Waals surface area contributed by atoms with Gasteiger partial charge in [0.25, 0.3) is 0 Å². The smallest absolute Gasteiger partial charge is 0.161 e. The zero-order valence-corrected chi connectivity index (χ0v) is 15.5. The predicted molar refractivity (Wildman–Crippen MR) is 103 cm³/mol. The summed E-state index contributed by atoms with van der Waals surface area (Å²) in [4.78, 5) is 0. The van der Waals surface area contributed by atoms with E-state index in [2.05, 4.69) is 11.4 Å². The molecule has 0 spiro atoms. The highest BCUT2D eigenvalue weighted by Crippen LogP contribution is 2.29. The summed E-state index contributed by atoms with van der Waals surface area (Å²) in [6.45, 7) is 3.82. The van der Waals surface area contributed by atoms with Crippen molar-refractivity contribution < 1.29 is 14.6 Å². The third-order valence-electron chi connectivity index (χ3n) is 4.84. The van der Waals surface area contributed by atoms with Gasteiger partial charge in [-0.3, -0.25) is 0 Å². The summed E-state index contributed by atoms with van der Waals surface area (Å²) in [7, 11) is 0. The number of ether oxygens (including phenoxy) is 2. The Bertz CT molecular complexity index is 674. The quantitative estimate of drug-likeness (QED) is 0.750. The maximum atomic E-state index is 10.1. The number of nitrogens with one attached hydrogen (secondary N) is 1. The summed E-state index contributed by atoms with van der Waals surface area (Å²) in [5.41, 5.74) is 2.27. The maximum absolute atomic E-state index is 10.1. The first-order chi connectivity index (χ1) is 12.8. The van der Waals surface area contributed by atoms with Crippen molar-refractivity contribution in [3.05, 3.63) is 59.7 Å². The Morgan fingerprint density at radius 3 is 2.54 bits per heavy atom. The molecule has 2 aromatic rings. The van der Waals surface area contributed by atoms with Crippen LogP contribution in [0, 0.1) is 0 Å². The van der Waals surface area contributed by atoms with Gasteiger partial charge in [-0.1, -0.05) is 49.2 Å². The van der Waals surface area contributed by atoms with Gasteiger partial charge in [-0.25, -0.2) is 0 Å². The lowest BCUT2D eigenvalue weighted by Gasteiger charge is -2.28. The molecule has 3 rings (SSSR count). The molecule has 2 N–H and O–H groups in total. The lowest BCUT2D eigenvalue weighted by Crippen LogP contribution is -2.41. The van der Waals surface area contributed by atoms with Gasteiger partial charge in [-0.15, -0.1) is 0 Å². The van der Waals surface area contributed by atoms with Crippen LogP contribution in [0.1, 0.15) is 43.7 Å². The molecule has 1 fully saturated rings. The minimum atomic E-state index is -0.233. The number of hydrogen-bond acceptors (Lipinski definition) is 4. The summed E-state index contributed by atoms with van der Waals surface area (Å²) in [6, 6.07) is 16.4. The second-order valence-corrected chi connectivity index (χ2v) is 6.83. The fraction of sp³-hybridized carbons (Fsp3) is 0.455. The number of hydrogen-bond donors (Lipinski definition) is 2. The van der Waals surface area contributed by atoms with Crippen molar-refractivity contribution >= 4 is 0 Å². The van der Waals surface area contributed by atoms with Gasteiger partial charge in [0.15, 0.2) is 11.5 Å². The number of rotatable bonds is 8. The second kappa shape index (κ2) is 9.60. The molecule has 2 atom stereocenters. The average Bonchev–Trinajstić information content (AvgIpc) is 2.68. The van der Waals surface area contributed by atoms with Crippen LogP contribution in [-0.4, -0.2) is 23.9 Å². The molecule has 0 unspecified atom stereocenters. The molecule has 0 radical (unpaired) electrons. The molecule has 2 aromatic carbocycles. The van der Waals surface area contributed by atoms with Crippen LogP contribution in [0.3, 0.4) is 0 Å². The van der Waals surface area contributed by atoms with E-state index in [1.165, 1.54) is 6.42 Å². The number of benzene rings is 2. The first-order valence-electron chi connectivity index (χ1n) is 9.60. The minimum absolute atomic E-state index is 0.188. The molecule has 0 aromatic heterocycles. The van der Waals surface area contributed by atoms with E-state index in [-0.39, 0.29) is 12.1 Å². The van der Waals surface area contributed by atoms with E-state index < -0.39 is 0 Å². The van der Waals surface area contributed by atoms with Gasteiger partial charge in [-0.05, 0) is 43.0 Å². The molecule has 1 aliphatic rings. The zero-order valence-electron chi connectivity index (χ0n) is 15.5. The third-order valence-corrected chi connectivity index (χ3v) is 4.84. The van der Waals surface area contributed by atoms with Gasteiger partial charge >= 0.3 is 0 Å². The molecule has 26 heavy (non-hydrogen) atoms. The van der Waals surface area contributed by atoms with Crippen LogP contribution in [0.15, 0.2) is 48.5 Å². The van der Waals surface area contributed by atoms with Crippen LogP contribution in [0.25, 0.3) is 0 Å². The van der Waals surface area contributed by atoms with Gasteiger partial charge < -0.3 is 19.9 Å². The van der Waals surface area contributed by atoms with Crippen LogP contribution in [-0.2, 0) is 13.2 Å². The molecule has 4 heteroatoms. The van der Waals surface area contributed by atoms with Crippen molar-refractivity contribution in [2.45, 2.75) is 57.9 Å². The van der Waals surface area contributed by atoms with Crippen molar-refractivity contribution in [1.82, 2.24) is 5.32 Å². The SMILES string of the molecule is CCOc1cc(CN[C@@H]2CCCC[C@H]2O)ccc1OCc1ccccc1. The molecule has 0 bridgehead atoms. The number of aliphatic hydroxyl groups is 1. The molecule has 1 aliphatic carbocycles. The van der Waals surface area contributed by atoms with E-state index in [1.807, 2.05) is 49.4 Å². The van der Waals surface area contributed by atoms with Gasteiger partial charge in [0.1, 0.15) is 6.61 Å². The molecule has 1 saturated carbocycles. The molecular formula is C22H29NO3. The van der Waals surface area contributed by atoms with Crippen LogP contribution in [0.2, 0.25) is 0 Å². The van der Waals surface area contributed by atoms with E-state index in [1.54, 1.807) is 0 Å². The third kappa shape index (κ3) is 5.23. The summed E-state index contributed by atoms with van der Waals surface area (Å²) in [5, 5.41) is 13.6. The molecule has 0 saturated heterocycles. The Morgan fingerprint density at radius 1 is 0.962 bits per heavy atom. The van der Waals surface area contributed by atoms with E-state index in [0.717, 1.165) is 48.4 Å². The molecule has 0 heterocycles. The highest BCUT2D eigenvalue weighted by atomic mass is 16.5. The highest BCUT2D eigenvalue weighted by molar-refractivity contribution is 5.43. The van der Waals surface area contributed by atoms with E-state index in [0.29, 0.717) is 13.2 Å². The van der Waals surface area contributed by atoms with Gasteiger partial charge in [-0.2, -0.15) is 0 Å². The Labute approximate surface area is 156 Å². The Morgan fingerprint density at radius 2 is 1.77 bits per heavy atom. The van der Waals surface area contributed by atoms with E-state index in [4.69, 9.17) is 9.47 Å². The van der Waals surface area contributed by atoms with Gasteiger partial charge in [0.2, 0.25) is 0 Å². The Hall–Kier alpha value is -2.04. The molecular weight excluding hydrogens is 326 g/mol. The predicted octanol–water partition coefficient (Wildman–Crippen LogP) is 4.06. The van der Waals surface area contributed by atoms with Crippen molar-refractivity contribution in [2.24, 2.45) is 0 Å². The van der Waals surface area contributed by atoms with Gasteiger partial charge in [0, 0.05) is 12.6 Å². The molecule has 140 valence electrons. The molecule has 4 nitrogen and oxygen atoms in total. The molecule has 0 aliphatic heterocycles. The van der Waals surface area contributed by atoms with Crippen molar-refractivity contribution in [1.29, 1.82) is 0 Å². The van der Waals surface area contributed by atoms with E-state index in [9.17, 15) is 5.11 Å². The van der Waals surface area contributed by atoms with Crippen molar-refractivity contribution in [3.8, 4) is 11.5 Å². The maximum Gasteiger partial charge on any atom is 0.161 e. The number of aliphatic hydroxyl groups excluding tert-OH is 1. The summed E-state index contributed by atoms with van der Waals surface area (Å²) < 4.78 is 11.7. The monoisotopic (exact) mass is 355 g/mol. The Kier molecular flexibility index (Phi) is 6.92. The normalized spacial score (nSPS) is 19.9. The highest BCUT2D eigenvalue weighted by Gasteiger charge is 2.22. The van der Waals surface area contributed by atoms with Crippen LogP contribution in [0.5, 0.6) is 11.5 Å². The topological polar surface area (TPSA) is 50.7 Å². The lowest BCUT2D eigenvalue weighted by molar-refractivity contribution is 0.0902. The van der Waals surface area contributed by atoms with Crippen molar-refractivity contribution in [3.63, 3.8) is 0 Å². The van der Waals surface area contributed by atoms with Crippen LogP contribution >= 0.6 is 0 Å². The van der Waals surface area contributed by atoms with E-state index >= 15 is 0 Å². The van der Waals surface area contributed by atoms with Crippen LogP contribution in [0.4, 0.5) is 0 Å². The Balaban J connectivity index is 1.62. The van der Waals surface area contributed by atoms with Crippen molar-refractivity contribution in [2.75, 3.05) is 6.61 Å². The minimum Gasteiger partial charge on any atom is -0.490 e. The first kappa shape index (κ1) is 18.7. The zero-order chi connectivity index (χ0) is 18.2. The summed E-state index contributed by atoms with van der Waals surface area (Å²) >= 11 is 0. The lowest BCUT2D eigenvalue weighted by atomic mass is 9.92. The van der Waals surface area contributed by atoms with Gasteiger partial charge in [0.05, 0.1) is 12.7 Å². The fourth-order valence-corrected chi connectivity index (χ4v) is 3.38.